The minimum Gasteiger partial charge on any atom is -0.479 e. The molecule has 1 aliphatic carbocycles. The number of nitrogens with one attached hydrogen (secondary N) is 1. The van der Waals surface area contributed by atoms with Crippen LogP contribution in [0, 0.1) is 5.92 Å². The molecule has 0 amide bonds. The van der Waals surface area contributed by atoms with Crippen molar-refractivity contribution in [1.82, 2.24) is 9.55 Å². The number of hydrogen-bond donors (Lipinski definition) is 2. The van der Waals surface area contributed by atoms with Crippen LogP contribution in [0.2, 0.25) is 0 Å². The average Bonchev–Trinajstić information content (AvgIpc) is 2.99. The highest BCUT2D eigenvalue weighted by atomic mass is 16.4. The van der Waals surface area contributed by atoms with Gasteiger partial charge in [-0.25, -0.2) is 9.59 Å². The van der Waals surface area contributed by atoms with Gasteiger partial charge in [0.2, 0.25) is 0 Å². The third-order valence-electron chi connectivity index (χ3n) is 3.13. The Bertz CT molecular complexity index is 540. The van der Waals surface area contributed by atoms with Gasteiger partial charge in [-0.2, -0.15) is 0 Å². The summed E-state index contributed by atoms with van der Waals surface area (Å²) in [4.78, 5) is 35.8. The first-order valence-electron chi connectivity index (χ1n) is 5.02. The molecule has 1 fully saturated rings. The number of aromatic amines is 1. The van der Waals surface area contributed by atoms with Crippen molar-refractivity contribution in [2.75, 3.05) is 0 Å². The van der Waals surface area contributed by atoms with Crippen LogP contribution >= 0.6 is 0 Å². The van der Waals surface area contributed by atoms with E-state index in [2.05, 4.69) is 4.98 Å². The zero-order chi connectivity index (χ0) is 11.9. The van der Waals surface area contributed by atoms with Crippen LogP contribution in [-0.2, 0) is 10.3 Å². The van der Waals surface area contributed by atoms with Crippen LogP contribution in [0.3, 0.4) is 0 Å². The van der Waals surface area contributed by atoms with Crippen LogP contribution in [0.5, 0.6) is 0 Å². The average molecular weight is 224 g/mol. The van der Waals surface area contributed by atoms with Gasteiger partial charge in [0.15, 0.2) is 0 Å². The minimum atomic E-state index is -1.26. The van der Waals surface area contributed by atoms with Crippen molar-refractivity contribution < 1.29 is 9.90 Å². The third kappa shape index (κ3) is 1.46. The molecule has 0 aromatic carbocycles. The number of nitrogens with zero attached hydrogens (tertiary/aromatic N) is 1. The van der Waals surface area contributed by atoms with E-state index in [0.717, 1.165) is 23.5 Å². The molecule has 1 atom stereocenters. The van der Waals surface area contributed by atoms with E-state index in [1.807, 2.05) is 0 Å². The molecule has 0 spiro atoms. The summed E-state index contributed by atoms with van der Waals surface area (Å²) in [5.41, 5.74) is -2.46. The highest BCUT2D eigenvalue weighted by Gasteiger charge is 2.49. The fourth-order valence-electron chi connectivity index (χ4n) is 1.90. The Labute approximate surface area is 90.5 Å². The van der Waals surface area contributed by atoms with E-state index in [4.69, 9.17) is 0 Å². The molecular formula is C10H12N2O4. The zero-order valence-electron chi connectivity index (χ0n) is 8.77. The van der Waals surface area contributed by atoms with Crippen molar-refractivity contribution in [2.45, 2.75) is 25.3 Å². The van der Waals surface area contributed by atoms with Gasteiger partial charge >= 0.3 is 11.7 Å². The van der Waals surface area contributed by atoms with Crippen molar-refractivity contribution in [3.05, 3.63) is 33.1 Å². The van der Waals surface area contributed by atoms with Crippen molar-refractivity contribution >= 4 is 5.97 Å². The lowest BCUT2D eigenvalue weighted by Crippen LogP contribution is -2.48. The Hall–Kier alpha value is -1.85. The normalized spacial score (nSPS) is 19.1. The summed E-state index contributed by atoms with van der Waals surface area (Å²) in [5.74, 6) is -1.10. The van der Waals surface area contributed by atoms with Crippen molar-refractivity contribution in [3.63, 3.8) is 0 Å². The predicted octanol–water partition coefficient (Wildman–Crippen LogP) is -0.254. The topological polar surface area (TPSA) is 92.2 Å². The van der Waals surface area contributed by atoms with Gasteiger partial charge in [0.05, 0.1) is 0 Å². The molecular weight excluding hydrogens is 212 g/mol. The molecule has 86 valence electrons. The molecule has 2 N–H and O–H groups in total. The van der Waals surface area contributed by atoms with E-state index in [1.165, 1.54) is 13.1 Å². The van der Waals surface area contributed by atoms with Gasteiger partial charge in [-0.1, -0.05) is 0 Å². The first-order valence-corrected chi connectivity index (χ1v) is 5.02. The number of H-pyrrole nitrogens is 1. The molecule has 1 aliphatic rings. The lowest BCUT2D eigenvalue weighted by Gasteiger charge is -2.26. The Balaban J connectivity index is 2.60. The summed E-state index contributed by atoms with van der Waals surface area (Å²) in [5, 5.41) is 9.24. The summed E-state index contributed by atoms with van der Waals surface area (Å²) in [7, 11) is 0. The SMILES string of the molecule is CC(C(=O)O)(C1CC1)n1ccc(=O)[nH]c1=O. The second-order valence-electron chi connectivity index (χ2n) is 4.21. The molecule has 2 rings (SSSR count). The van der Waals surface area contributed by atoms with E-state index in [0.29, 0.717) is 0 Å². The Kier molecular flexibility index (Phi) is 2.22. The van der Waals surface area contributed by atoms with Crippen LogP contribution in [0.15, 0.2) is 21.9 Å². The van der Waals surface area contributed by atoms with Crippen LogP contribution < -0.4 is 11.2 Å². The number of carboxylic acid groups (broad SMARTS) is 1. The van der Waals surface area contributed by atoms with E-state index >= 15 is 0 Å². The summed E-state index contributed by atoms with van der Waals surface area (Å²) < 4.78 is 1.09. The summed E-state index contributed by atoms with van der Waals surface area (Å²) in [6.07, 6.45) is 2.82. The van der Waals surface area contributed by atoms with E-state index in [-0.39, 0.29) is 5.92 Å². The fraction of sp³-hybridized carbons (Fsp3) is 0.500. The van der Waals surface area contributed by atoms with Gasteiger partial charge in [-0.05, 0) is 25.7 Å². The highest BCUT2D eigenvalue weighted by Crippen LogP contribution is 2.43. The molecule has 6 heteroatoms. The van der Waals surface area contributed by atoms with Crippen molar-refractivity contribution in [1.29, 1.82) is 0 Å². The van der Waals surface area contributed by atoms with Gasteiger partial charge in [-0.15, -0.1) is 0 Å². The van der Waals surface area contributed by atoms with Gasteiger partial charge in [0.1, 0.15) is 5.54 Å². The van der Waals surface area contributed by atoms with Gasteiger partial charge < -0.3 is 5.11 Å². The molecule has 1 aromatic rings. The first kappa shape index (κ1) is 10.7. The number of carbonyl (C=O) groups is 1. The van der Waals surface area contributed by atoms with Crippen molar-refractivity contribution in [3.8, 4) is 0 Å². The lowest BCUT2D eigenvalue weighted by atomic mass is 9.95. The molecule has 0 aliphatic heterocycles. The number of aromatic nitrogens is 2. The third-order valence-corrected chi connectivity index (χ3v) is 3.13. The maximum absolute atomic E-state index is 11.6. The molecule has 1 aromatic heterocycles. The molecule has 16 heavy (non-hydrogen) atoms. The van der Waals surface area contributed by atoms with Gasteiger partial charge in [0, 0.05) is 12.3 Å². The zero-order valence-corrected chi connectivity index (χ0v) is 8.77. The quantitative estimate of drug-likeness (QED) is 0.740. The van der Waals surface area contributed by atoms with Crippen LogP contribution in [0.25, 0.3) is 0 Å². The second-order valence-corrected chi connectivity index (χ2v) is 4.21. The first-order chi connectivity index (χ1) is 7.46. The monoisotopic (exact) mass is 224 g/mol. The molecule has 1 heterocycles. The standard InChI is InChI=1S/C10H12N2O4/c1-10(8(14)15,6-2-3-6)12-5-4-7(13)11-9(12)16/h4-6H,2-3H2,1H3,(H,14,15)(H,11,13,16). The van der Waals surface area contributed by atoms with E-state index in [9.17, 15) is 19.5 Å². The Morgan fingerprint density at radius 3 is 2.62 bits per heavy atom. The molecule has 1 unspecified atom stereocenters. The summed E-state index contributed by atoms with van der Waals surface area (Å²) in [6.45, 7) is 1.51. The number of aliphatic carboxylic acids is 1. The van der Waals surface area contributed by atoms with Crippen LogP contribution in [0.4, 0.5) is 0 Å². The highest BCUT2D eigenvalue weighted by molar-refractivity contribution is 5.77. The fourth-order valence-corrected chi connectivity index (χ4v) is 1.90. The lowest BCUT2D eigenvalue weighted by molar-refractivity contribution is -0.148. The number of hydrogen-bond acceptors (Lipinski definition) is 3. The van der Waals surface area contributed by atoms with Crippen LogP contribution in [0.1, 0.15) is 19.8 Å². The predicted molar refractivity (Wildman–Crippen MR) is 55.3 cm³/mol. The van der Waals surface area contributed by atoms with Gasteiger partial charge in [-0.3, -0.25) is 14.3 Å². The largest absolute Gasteiger partial charge is 0.479 e. The Morgan fingerprint density at radius 2 is 2.19 bits per heavy atom. The van der Waals surface area contributed by atoms with Crippen molar-refractivity contribution in [2.24, 2.45) is 5.92 Å². The number of carboxylic acids is 1. The number of rotatable bonds is 3. The molecule has 1 saturated carbocycles. The molecule has 6 nitrogen and oxygen atoms in total. The van der Waals surface area contributed by atoms with Gasteiger partial charge in [0.25, 0.3) is 5.56 Å². The maximum Gasteiger partial charge on any atom is 0.330 e. The summed E-state index contributed by atoms with van der Waals surface area (Å²) in [6, 6.07) is 1.16. The van der Waals surface area contributed by atoms with E-state index < -0.39 is 22.8 Å². The molecule has 0 saturated heterocycles. The maximum atomic E-state index is 11.6. The van der Waals surface area contributed by atoms with E-state index in [1.54, 1.807) is 0 Å². The minimum absolute atomic E-state index is 0.0476. The second kappa shape index (κ2) is 3.33. The Morgan fingerprint density at radius 1 is 1.56 bits per heavy atom. The molecule has 0 radical (unpaired) electrons. The smallest absolute Gasteiger partial charge is 0.330 e. The van der Waals surface area contributed by atoms with Crippen LogP contribution in [-0.4, -0.2) is 20.6 Å². The molecule has 0 bridgehead atoms. The summed E-state index contributed by atoms with van der Waals surface area (Å²) >= 11 is 0.